The molecule has 3 N–H and O–H groups in total. The lowest BCUT2D eigenvalue weighted by molar-refractivity contribution is -0.134. The molecule has 1 saturated heterocycles. The van der Waals surface area contributed by atoms with Crippen LogP contribution in [0.25, 0.3) is 0 Å². The molecule has 1 aliphatic rings. The van der Waals surface area contributed by atoms with Crippen LogP contribution in [0.15, 0.2) is 42.6 Å². The maximum atomic E-state index is 12.0. The van der Waals surface area contributed by atoms with Crippen LogP contribution >= 0.6 is 0 Å². The van der Waals surface area contributed by atoms with Crippen molar-refractivity contribution in [2.24, 2.45) is 5.73 Å². The second-order valence-electron chi connectivity index (χ2n) is 6.48. The van der Waals surface area contributed by atoms with Gasteiger partial charge in [-0.2, -0.15) is 0 Å². The Balaban J connectivity index is 1.64. The van der Waals surface area contributed by atoms with Crippen molar-refractivity contribution in [3.8, 4) is 0 Å². The first kappa shape index (κ1) is 17.8. The quantitative estimate of drug-likeness (QED) is 0.776. The minimum atomic E-state index is -0.513. The molecule has 3 rings (SSSR count). The lowest BCUT2D eigenvalue weighted by atomic mass is 9.89. The van der Waals surface area contributed by atoms with Crippen LogP contribution in [0.5, 0.6) is 0 Å². The van der Waals surface area contributed by atoms with E-state index < -0.39 is 5.91 Å². The van der Waals surface area contributed by atoms with Gasteiger partial charge in [-0.3, -0.25) is 24.7 Å². The van der Waals surface area contributed by atoms with Crippen LogP contribution in [0.4, 0.5) is 0 Å². The molecule has 6 heteroatoms. The standard InChI is InChI=1S/C20H21N3O3/c21-19(25)18-14(8-3-11-22-18)6-1-4-13-5-2-7-15(12-13)16-9-10-17(24)23-20(16)26/h2-3,5,7-8,11-12,16H,1,4,6,9-10H2,(H2,21,25)(H,23,24,26). The summed E-state index contributed by atoms with van der Waals surface area (Å²) in [5, 5.41) is 2.40. The van der Waals surface area contributed by atoms with Gasteiger partial charge in [0, 0.05) is 12.6 Å². The highest BCUT2D eigenvalue weighted by Gasteiger charge is 2.27. The van der Waals surface area contributed by atoms with Gasteiger partial charge in [0.25, 0.3) is 5.91 Å². The molecule has 0 radical (unpaired) electrons. The van der Waals surface area contributed by atoms with Gasteiger partial charge in [-0.1, -0.05) is 30.3 Å². The molecule has 26 heavy (non-hydrogen) atoms. The molecule has 1 unspecified atom stereocenters. The average molecular weight is 351 g/mol. The van der Waals surface area contributed by atoms with E-state index in [1.807, 2.05) is 30.3 Å². The first-order valence-corrected chi connectivity index (χ1v) is 8.71. The predicted molar refractivity (Wildman–Crippen MR) is 96.3 cm³/mol. The number of pyridine rings is 1. The Morgan fingerprint density at radius 2 is 2.04 bits per heavy atom. The molecule has 1 aromatic heterocycles. The number of benzene rings is 1. The second-order valence-corrected chi connectivity index (χ2v) is 6.48. The Kier molecular flexibility index (Phi) is 5.41. The number of carbonyl (C=O) groups is 3. The van der Waals surface area contributed by atoms with E-state index >= 15 is 0 Å². The second kappa shape index (κ2) is 7.91. The molecule has 1 aromatic carbocycles. The Morgan fingerprint density at radius 3 is 2.81 bits per heavy atom. The minimum Gasteiger partial charge on any atom is -0.364 e. The Hall–Kier alpha value is -3.02. The zero-order valence-electron chi connectivity index (χ0n) is 14.4. The van der Waals surface area contributed by atoms with E-state index in [0.29, 0.717) is 25.0 Å². The van der Waals surface area contributed by atoms with Gasteiger partial charge in [-0.15, -0.1) is 0 Å². The van der Waals surface area contributed by atoms with Gasteiger partial charge in [-0.25, -0.2) is 0 Å². The van der Waals surface area contributed by atoms with Crippen molar-refractivity contribution < 1.29 is 14.4 Å². The number of aromatic nitrogens is 1. The summed E-state index contributed by atoms with van der Waals surface area (Å²) in [4.78, 5) is 38.8. The molecular formula is C20H21N3O3. The van der Waals surface area contributed by atoms with E-state index in [2.05, 4.69) is 10.3 Å². The van der Waals surface area contributed by atoms with Crippen molar-refractivity contribution in [1.82, 2.24) is 10.3 Å². The summed E-state index contributed by atoms with van der Waals surface area (Å²) in [6.07, 6.45) is 4.84. The molecule has 0 spiro atoms. The lowest BCUT2D eigenvalue weighted by Crippen LogP contribution is -2.39. The van der Waals surface area contributed by atoms with Crippen LogP contribution in [-0.2, 0) is 22.4 Å². The Morgan fingerprint density at radius 1 is 1.19 bits per heavy atom. The Labute approximate surface area is 151 Å². The SMILES string of the molecule is NC(=O)c1ncccc1CCCc1cccc(C2CCC(=O)NC2=O)c1. The van der Waals surface area contributed by atoms with Crippen molar-refractivity contribution >= 4 is 17.7 Å². The van der Waals surface area contributed by atoms with E-state index in [4.69, 9.17) is 5.73 Å². The lowest BCUT2D eigenvalue weighted by Gasteiger charge is -2.21. The summed E-state index contributed by atoms with van der Waals surface area (Å²) in [7, 11) is 0. The number of aryl methyl sites for hydroxylation is 2. The maximum absolute atomic E-state index is 12.0. The van der Waals surface area contributed by atoms with Gasteiger partial charge in [0.05, 0.1) is 5.92 Å². The summed E-state index contributed by atoms with van der Waals surface area (Å²) in [5.74, 6) is -1.21. The van der Waals surface area contributed by atoms with Crippen LogP contribution in [0.2, 0.25) is 0 Å². The third-order valence-electron chi connectivity index (χ3n) is 4.63. The molecule has 1 atom stereocenters. The molecule has 3 amide bonds. The number of piperidine rings is 1. The number of nitrogens with two attached hydrogens (primary N) is 1. The number of hydrogen-bond acceptors (Lipinski definition) is 4. The molecule has 0 aliphatic carbocycles. The number of carbonyl (C=O) groups excluding carboxylic acids is 3. The summed E-state index contributed by atoms with van der Waals surface area (Å²) in [6, 6.07) is 11.6. The molecule has 2 aromatic rings. The number of hydrogen-bond donors (Lipinski definition) is 2. The van der Waals surface area contributed by atoms with Gasteiger partial charge >= 0.3 is 0 Å². The number of nitrogens with one attached hydrogen (secondary N) is 1. The first-order valence-electron chi connectivity index (χ1n) is 8.71. The highest BCUT2D eigenvalue weighted by molar-refractivity contribution is 6.00. The number of nitrogens with zero attached hydrogens (tertiary/aromatic N) is 1. The van der Waals surface area contributed by atoms with Crippen LogP contribution in [-0.4, -0.2) is 22.7 Å². The highest BCUT2D eigenvalue weighted by Crippen LogP contribution is 2.25. The third kappa shape index (κ3) is 4.14. The van der Waals surface area contributed by atoms with Crippen molar-refractivity contribution in [1.29, 1.82) is 0 Å². The monoisotopic (exact) mass is 351 g/mol. The average Bonchev–Trinajstić information content (AvgIpc) is 2.62. The molecular weight excluding hydrogens is 330 g/mol. The van der Waals surface area contributed by atoms with Crippen molar-refractivity contribution in [3.63, 3.8) is 0 Å². The van der Waals surface area contributed by atoms with Crippen molar-refractivity contribution in [2.75, 3.05) is 0 Å². The topological polar surface area (TPSA) is 102 Å². The molecule has 2 heterocycles. The number of rotatable bonds is 6. The zero-order chi connectivity index (χ0) is 18.5. The normalized spacial score (nSPS) is 17.0. The maximum Gasteiger partial charge on any atom is 0.267 e. The minimum absolute atomic E-state index is 0.205. The van der Waals surface area contributed by atoms with E-state index in [1.165, 1.54) is 0 Å². The molecule has 0 bridgehead atoms. The summed E-state index contributed by atoms with van der Waals surface area (Å²) >= 11 is 0. The molecule has 134 valence electrons. The Bertz CT molecular complexity index is 848. The number of imide groups is 1. The van der Waals surface area contributed by atoms with Gasteiger partial charge in [-0.05, 0) is 48.4 Å². The van der Waals surface area contributed by atoms with Crippen molar-refractivity contribution in [3.05, 3.63) is 65.0 Å². The predicted octanol–water partition coefficient (Wildman–Crippen LogP) is 1.88. The highest BCUT2D eigenvalue weighted by atomic mass is 16.2. The van der Waals surface area contributed by atoms with E-state index in [9.17, 15) is 14.4 Å². The van der Waals surface area contributed by atoms with Gasteiger partial charge in [0.2, 0.25) is 11.8 Å². The number of amides is 3. The zero-order valence-corrected chi connectivity index (χ0v) is 14.4. The van der Waals surface area contributed by atoms with E-state index in [0.717, 1.165) is 29.5 Å². The summed E-state index contributed by atoms with van der Waals surface area (Å²) < 4.78 is 0. The van der Waals surface area contributed by atoms with E-state index in [-0.39, 0.29) is 17.7 Å². The van der Waals surface area contributed by atoms with Gasteiger partial charge in [0.15, 0.2) is 0 Å². The number of primary amides is 1. The fraction of sp³-hybridized carbons (Fsp3) is 0.300. The van der Waals surface area contributed by atoms with Crippen LogP contribution < -0.4 is 11.1 Å². The third-order valence-corrected chi connectivity index (χ3v) is 4.63. The molecule has 1 aliphatic heterocycles. The molecule has 0 saturated carbocycles. The molecule has 1 fully saturated rings. The summed E-state index contributed by atoms with van der Waals surface area (Å²) in [5.41, 5.74) is 8.59. The van der Waals surface area contributed by atoms with Gasteiger partial charge in [0.1, 0.15) is 5.69 Å². The summed E-state index contributed by atoms with van der Waals surface area (Å²) in [6.45, 7) is 0. The fourth-order valence-corrected chi connectivity index (χ4v) is 3.32. The largest absolute Gasteiger partial charge is 0.364 e. The first-order chi connectivity index (χ1) is 12.5. The fourth-order valence-electron chi connectivity index (χ4n) is 3.32. The van der Waals surface area contributed by atoms with Crippen LogP contribution in [0.1, 0.15) is 52.4 Å². The van der Waals surface area contributed by atoms with Crippen LogP contribution in [0, 0.1) is 0 Å². The van der Waals surface area contributed by atoms with Crippen molar-refractivity contribution in [2.45, 2.75) is 38.0 Å². The van der Waals surface area contributed by atoms with E-state index in [1.54, 1.807) is 12.3 Å². The smallest absolute Gasteiger partial charge is 0.267 e. The molecule has 6 nitrogen and oxygen atoms in total. The van der Waals surface area contributed by atoms with Crippen LogP contribution in [0.3, 0.4) is 0 Å². The van der Waals surface area contributed by atoms with Gasteiger partial charge < -0.3 is 5.73 Å².